The second-order valence-electron chi connectivity index (χ2n) is 5.23. The van der Waals surface area contributed by atoms with Crippen LogP contribution in [0.3, 0.4) is 0 Å². The van der Waals surface area contributed by atoms with Gasteiger partial charge in [0.25, 0.3) is 5.91 Å². The molecule has 0 saturated carbocycles. The van der Waals surface area contributed by atoms with Crippen LogP contribution in [0.1, 0.15) is 31.3 Å². The first-order chi connectivity index (χ1) is 8.96. The summed E-state index contributed by atoms with van der Waals surface area (Å²) in [5.41, 5.74) is 0.788. The van der Waals surface area contributed by atoms with Gasteiger partial charge in [-0.15, -0.1) is 0 Å². The number of carbonyl (C=O) groups excluding carboxylic acids is 1. The van der Waals surface area contributed by atoms with Gasteiger partial charge in [-0.25, -0.2) is 0 Å². The van der Waals surface area contributed by atoms with E-state index in [4.69, 9.17) is 0 Å². The topological polar surface area (TPSA) is 56.7 Å². The number of carbonyl (C=O) groups is 1. The highest BCUT2D eigenvalue weighted by atomic mass is 16.3. The number of aliphatic hydroxyl groups is 1. The van der Waals surface area contributed by atoms with Gasteiger partial charge < -0.3 is 14.9 Å². The van der Waals surface area contributed by atoms with Crippen LogP contribution in [0.15, 0.2) is 18.3 Å². The summed E-state index contributed by atoms with van der Waals surface area (Å²) in [6, 6.07) is 3.67. The van der Waals surface area contributed by atoms with E-state index in [2.05, 4.69) is 4.98 Å². The maximum absolute atomic E-state index is 12.2. The zero-order chi connectivity index (χ0) is 14.0. The monoisotopic (exact) mass is 263 g/mol. The minimum atomic E-state index is -0.619. The summed E-state index contributed by atoms with van der Waals surface area (Å²) in [5, 5.41) is 9.76. The van der Waals surface area contributed by atoms with Crippen molar-refractivity contribution in [3.05, 3.63) is 24.0 Å². The third kappa shape index (κ3) is 2.87. The quantitative estimate of drug-likeness (QED) is 0.885. The maximum Gasteiger partial charge on any atom is 0.272 e. The Bertz CT molecular complexity index is 462. The van der Waals surface area contributed by atoms with Gasteiger partial charge in [0.2, 0.25) is 0 Å². The molecule has 0 bridgehead atoms. The molecule has 5 heteroatoms. The number of hydrogen-bond acceptors (Lipinski definition) is 4. The standard InChI is InChI=1S/C14H21N3O2/c1-4-16(5-2)13(18)12-8-11(6-7-15-12)17-9-14(3,19)10-17/h6-8,19H,4-5,9-10H2,1-3H3. The first kappa shape index (κ1) is 13.8. The zero-order valence-corrected chi connectivity index (χ0v) is 11.8. The van der Waals surface area contributed by atoms with Crippen molar-refractivity contribution >= 4 is 11.6 Å². The fourth-order valence-electron chi connectivity index (χ4n) is 2.36. The highest BCUT2D eigenvalue weighted by Crippen LogP contribution is 2.27. The lowest BCUT2D eigenvalue weighted by Gasteiger charge is -2.45. The summed E-state index contributed by atoms with van der Waals surface area (Å²) in [6.45, 7) is 8.27. The van der Waals surface area contributed by atoms with Gasteiger partial charge in [-0.3, -0.25) is 9.78 Å². The van der Waals surface area contributed by atoms with Crippen LogP contribution < -0.4 is 4.90 Å². The Morgan fingerprint density at radius 2 is 2.11 bits per heavy atom. The molecular formula is C14H21N3O2. The molecule has 1 aromatic rings. The van der Waals surface area contributed by atoms with E-state index in [1.54, 1.807) is 17.2 Å². The molecule has 5 nitrogen and oxygen atoms in total. The Morgan fingerprint density at radius 1 is 1.47 bits per heavy atom. The van der Waals surface area contributed by atoms with Crippen LogP contribution >= 0.6 is 0 Å². The van der Waals surface area contributed by atoms with E-state index in [1.807, 2.05) is 31.7 Å². The fourth-order valence-corrected chi connectivity index (χ4v) is 2.36. The predicted octanol–water partition coefficient (Wildman–Crippen LogP) is 1.13. The van der Waals surface area contributed by atoms with E-state index in [-0.39, 0.29) is 5.91 Å². The molecule has 0 unspecified atom stereocenters. The van der Waals surface area contributed by atoms with Crippen molar-refractivity contribution in [3.8, 4) is 0 Å². The second kappa shape index (κ2) is 5.17. The van der Waals surface area contributed by atoms with E-state index in [9.17, 15) is 9.90 Å². The first-order valence-electron chi connectivity index (χ1n) is 6.69. The summed E-state index contributed by atoms with van der Waals surface area (Å²) in [5.74, 6) is -0.0425. The minimum absolute atomic E-state index is 0.0425. The second-order valence-corrected chi connectivity index (χ2v) is 5.23. The van der Waals surface area contributed by atoms with Gasteiger partial charge in [-0.2, -0.15) is 0 Å². The van der Waals surface area contributed by atoms with Gasteiger partial charge in [-0.1, -0.05) is 0 Å². The molecule has 0 atom stereocenters. The SMILES string of the molecule is CCN(CC)C(=O)c1cc(N2CC(C)(O)C2)ccn1. The van der Waals surface area contributed by atoms with Crippen LogP contribution in [0.25, 0.3) is 0 Å². The van der Waals surface area contributed by atoms with Crippen LogP contribution in [0, 0.1) is 0 Å². The summed E-state index contributed by atoms with van der Waals surface area (Å²) in [6.07, 6.45) is 1.65. The van der Waals surface area contributed by atoms with Gasteiger partial charge in [-0.05, 0) is 32.9 Å². The molecule has 1 saturated heterocycles. The molecular weight excluding hydrogens is 242 g/mol. The van der Waals surface area contributed by atoms with E-state index < -0.39 is 5.60 Å². The van der Waals surface area contributed by atoms with Crippen LogP contribution in [0.2, 0.25) is 0 Å². The smallest absolute Gasteiger partial charge is 0.272 e. The third-order valence-electron chi connectivity index (χ3n) is 3.44. The molecule has 0 spiro atoms. The Kier molecular flexibility index (Phi) is 3.75. The van der Waals surface area contributed by atoms with Crippen molar-refractivity contribution in [1.29, 1.82) is 0 Å². The Labute approximate surface area is 113 Å². The Hall–Kier alpha value is -1.62. The lowest BCUT2D eigenvalue weighted by molar-refractivity contribution is 0.0310. The molecule has 104 valence electrons. The van der Waals surface area contributed by atoms with Crippen LogP contribution in [-0.4, -0.2) is 52.7 Å². The minimum Gasteiger partial charge on any atom is -0.386 e. The fraction of sp³-hybridized carbons (Fsp3) is 0.571. The number of amides is 1. The number of rotatable bonds is 4. The van der Waals surface area contributed by atoms with Crippen molar-refractivity contribution in [2.75, 3.05) is 31.1 Å². The van der Waals surface area contributed by atoms with Crippen molar-refractivity contribution in [1.82, 2.24) is 9.88 Å². The number of nitrogens with zero attached hydrogens (tertiary/aromatic N) is 3. The third-order valence-corrected chi connectivity index (χ3v) is 3.44. The van der Waals surface area contributed by atoms with Gasteiger partial charge in [0.1, 0.15) is 5.69 Å². The summed E-state index contributed by atoms with van der Waals surface area (Å²) in [4.78, 5) is 20.2. The summed E-state index contributed by atoms with van der Waals surface area (Å²) in [7, 11) is 0. The van der Waals surface area contributed by atoms with Crippen molar-refractivity contribution in [2.24, 2.45) is 0 Å². The van der Waals surface area contributed by atoms with Gasteiger partial charge in [0, 0.05) is 38.1 Å². The van der Waals surface area contributed by atoms with Gasteiger partial charge in [0.15, 0.2) is 0 Å². The van der Waals surface area contributed by atoms with Crippen LogP contribution in [0.5, 0.6) is 0 Å². The highest BCUT2D eigenvalue weighted by Gasteiger charge is 2.36. The molecule has 0 aliphatic carbocycles. The molecule has 2 heterocycles. The van der Waals surface area contributed by atoms with Crippen molar-refractivity contribution < 1.29 is 9.90 Å². The maximum atomic E-state index is 12.2. The van der Waals surface area contributed by atoms with Gasteiger partial charge >= 0.3 is 0 Å². The number of hydrogen-bond donors (Lipinski definition) is 1. The lowest BCUT2D eigenvalue weighted by atomic mass is 9.96. The zero-order valence-electron chi connectivity index (χ0n) is 11.8. The molecule has 19 heavy (non-hydrogen) atoms. The van der Waals surface area contributed by atoms with Gasteiger partial charge in [0.05, 0.1) is 5.60 Å². The van der Waals surface area contributed by atoms with E-state index in [0.29, 0.717) is 31.9 Å². The van der Waals surface area contributed by atoms with Crippen LogP contribution in [0.4, 0.5) is 5.69 Å². The lowest BCUT2D eigenvalue weighted by Crippen LogP contribution is -2.60. The molecule has 1 aliphatic heterocycles. The van der Waals surface area contributed by atoms with E-state index >= 15 is 0 Å². The number of β-amino-alcohol motifs (C(OH)–C–C–N with tert-alkyl or cyclic N) is 1. The number of anilines is 1. The normalized spacial score (nSPS) is 16.9. The highest BCUT2D eigenvalue weighted by molar-refractivity contribution is 5.93. The summed E-state index contributed by atoms with van der Waals surface area (Å²) >= 11 is 0. The molecule has 1 aliphatic rings. The Balaban J connectivity index is 2.14. The largest absolute Gasteiger partial charge is 0.386 e. The number of aromatic nitrogens is 1. The van der Waals surface area contributed by atoms with Crippen molar-refractivity contribution in [2.45, 2.75) is 26.4 Å². The van der Waals surface area contributed by atoms with E-state index in [1.165, 1.54) is 0 Å². The average molecular weight is 263 g/mol. The summed E-state index contributed by atoms with van der Waals surface area (Å²) < 4.78 is 0. The number of pyridine rings is 1. The van der Waals surface area contributed by atoms with Crippen molar-refractivity contribution in [3.63, 3.8) is 0 Å². The Morgan fingerprint density at radius 3 is 2.63 bits per heavy atom. The molecule has 1 aromatic heterocycles. The molecule has 1 N–H and O–H groups in total. The molecule has 1 amide bonds. The molecule has 1 fully saturated rings. The van der Waals surface area contributed by atoms with E-state index in [0.717, 1.165) is 5.69 Å². The molecule has 0 radical (unpaired) electrons. The predicted molar refractivity (Wildman–Crippen MR) is 74.3 cm³/mol. The first-order valence-corrected chi connectivity index (χ1v) is 6.69. The average Bonchev–Trinajstić information content (AvgIpc) is 2.37. The van der Waals surface area contributed by atoms with Crippen LogP contribution in [-0.2, 0) is 0 Å². The molecule has 0 aromatic carbocycles. The molecule has 2 rings (SSSR count).